The fourth-order valence-electron chi connectivity index (χ4n) is 1.01. The fourth-order valence-corrected chi connectivity index (χ4v) is 1.32. The summed E-state index contributed by atoms with van der Waals surface area (Å²) in [5.41, 5.74) is 0.271. The van der Waals surface area contributed by atoms with Crippen LogP contribution < -0.4 is 5.32 Å². The molecule has 0 fully saturated rings. The summed E-state index contributed by atoms with van der Waals surface area (Å²) in [6, 6.07) is 3.49. The van der Waals surface area contributed by atoms with Crippen molar-refractivity contribution < 1.29 is 18.7 Å². The van der Waals surface area contributed by atoms with Crippen molar-refractivity contribution in [2.75, 3.05) is 12.4 Å². The van der Waals surface area contributed by atoms with Gasteiger partial charge >= 0.3 is 5.97 Å². The first-order valence-corrected chi connectivity index (χ1v) is 4.96. The zero-order valence-electron chi connectivity index (χ0n) is 7.71. The monoisotopic (exact) mass is 323 g/mol. The number of rotatable bonds is 2. The first-order valence-electron chi connectivity index (χ1n) is 3.88. The molecule has 80 valence electrons. The predicted molar refractivity (Wildman–Crippen MR) is 60.8 cm³/mol. The second-order valence-corrected chi connectivity index (χ2v) is 3.60. The Bertz CT molecular complexity index is 408. The van der Waals surface area contributed by atoms with Crippen molar-refractivity contribution in [1.29, 1.82) is 0 Å². The summed E-state index contributed by atoms with van der Waals surface area (Å²) < 4.78 is 17.1. The van der Waals surface area contributed by atoms with Crippen LogP contribution in [0.5, 0.6) is 0 Å². The molecule has 0 saturated carbocycles. The summed E-state index contributed by atoms with van der Waals surface area (Å²) in [5, 5.41) is 2.36. The Hall–Kier alpha value is -1.18. The van der Waals surface area contributed by atoms with Gasteiger partial charge in [0, 0.05) is 28.3 Å². The normalized spacial score (nSPS) is 9.53. The molecule has 0 aliphatic heterocycles. The number of hydrogen-bond acceptors (Lipinski definition) is 3. The molecule has 6 heteroatoms. The van der Waals surface area contributed by atoms with Gasteiger partial charge in [-0.2, -0.15) is 0 Å². The molecular formula is C9H7FINO3. The van der Waals surface area contributed by atoms with Gasteiger partial charge in [-0.05, 0) is 18.2 Å². The Kier molecular flexibility index (Phi) is 4.01. The van der Waals surface area contributed by atoms with E-state index in [4.69, 9.17) is 0 Å². The molecular weight excluding hydrogens is 316 g/mol. The summed E-state index contributed by atoms with van der Waals surface area (Å²) in [4.78, 5) is 21.8. The largest absolute Gasteiger partial charge is 0.465 e. The highest BCUT2D eigenvalue weighted by molar-refractivity contribution is 14.1. The molecule has 0 spiro atoms. The van der Waals surface area contributed by atoms with Crippen molar-refractivity contribution in [2.24, 2.45) is 0 Å². The average molecular weight is 323 g/mol. The third kappa shape index (κ3) is 3.46. The Morgan fingerprint density at radius 3 is 2.60 bits per heavy atom. The third-order valence-electron chi connectivity index (χ3n) is 1.56. The first-order chi connectivity index (χ1) is 7.02. The van der Waals surface area contributed by atoms with Gasteiger partial charge in [0.25, 0.3) is 3.91 Å². The van der Waals surface area contributed by atoms with Crippen LogP contribution in [-0.2, 0) is 4.74 Å². The van der Waals surface area contributed by atoms with E-state index in [1.807, 2.05) is 0 Å². The van der Waals surface area contributed by atoms with E-state index in [1.54, 1.807) is 0 Å². The molecule has 15 heavy (non-hydrogen) atoms. The molecule has 1 amide bonds. The minimum atomic E-state index is -0.654. The number of hydrogen-bond donors (Lipinski definition) is 1. The molecule has 0 radical (unpaired) electrons. The summed E-state index contributed by atoms with van der Waals surface area (Å²) >= 11 is 1.51. The van der Waals surface area contributed by atoms with Crippen LogP contribution in [0.2, 0.25) is 0 Å². The van der Waals surface area contributed by atoms with E-state index in [0.717, 1.165) is 12.1 Å². The quantitative estimate of drug-likeness (QED) is 0.394. The molecule has 0 bridgehead atoms. The van der Waals surface area contributed by atoms with Crippen molar-refractivity contribution in [3.63, 3.8) is 0 Å². The topological polar surface area (TPSA) is 55.4 Å². The summed E-state index contributed by atoms with van der Waals surface area (Å²) in [6.45, 7) is 0. The molecule has 0 heterocycles. The molecule has 4 nitrogen and oxygen atoms in total. The minimum Gasteiger partial charge on any atom is -0.465 e. The molecule has 1 rings (SSSR count). The lowest BCUT2D eigenvalue weighted by Crippen LogP contribution is -2.05. The number of amides is 1. The van der Waals surface area contributed by atoms with E-state index in [2.05, 4.69) is 10.1 Å². The highest BCUT2D eigenvalue weighted by atomic mass is 127. The Labute approximate surface area is 98.9 Å². The standard InChI is InChI=1S/C9H7FINO3/c1-15-8(13)5-2-6(10)4-7(3-5)12-9(11)14/h2-4H,1H3,(H,12,14). The maximum absolute atomic E-state index is 13.0. The second kappa shape index (κ2) is 5.06. The van der Waals surface area contributed by atoms with Crippen molar-refractivity contribution in [3.05, 3.63) is 29.6 Å². The highest BCUT2D eigenvalue weighted by Gasteiger charge is 2.09. The number of anilines is 1. The lowest BCUT2D eigenvalue weighted by Gasteiger charge is -2.04. The molecule has 1 aromatic carbocycles. The van der Waals surface area contributed by atoms with Gasteiger partial charge in [0.05, 0.1) is 12.7 Å². The fraction of sp³-hybridized carbons (Fsp3) is 0.111. The van der Waals surface area contributed by atoms with Crippen LogP contribution in [0.4, 0.5) is 14.9 Å². The summed E-state index contributed by atoms with van der Waals surface area (Å²) in [5.74, 6) is -1.27. The van der Waals surface area contributed by atoms with Crippen LogP contribution >= 0.6 is 22.6 Å². The van der Waals surface area contributed by atoms with E-state index >= 15 is 0 Å². The van der Waals surface area contributed by atoms with E-state index in [0.29, 0.717) is 0 Å². The summed E-state index contributed by atoms with van der Waals surface area (Å²) in [7, 11) is 1.20. The number of ether oxygens (including phenoxy) is 1. The zero-order valence-corrected chi connectivity index (χ0v) is 9.87. The number of carbonyl (C=O) groups is 2. The molecule has 1 aromatic rings. The number of carbonyl (C=O) groups excluding carboxylic acids is 2. The van der Waals surface area contributed by atoms with Crippen LogP contribution in [0.3, 0.4) is 0 Å². The number of methoxy groups -OCH3 is 1. The Balaban J connectivity index is 3.04. The smallest absolute Gasteiger partial charge is 0.338 e. The maximum atomic E-state index is 13.0. The average Bonchev–Trinajstić information content (AvgIpc) is 2.14. The van der Waals surface area contributed by atoms with E-state index < -0.39 is 11.8 Å². The number of halogens is 2. The molecule has 0 aliphatic rings. The van der Waals surface area contributed by atoms with Crippen LogP contribution in [0.25, 0.3) is 0 Å². The Morgan fingerprint density at radius 2 is 2.07 bits per heavy atom. The maximum Gasteiger partial charge on any atom is 0.338 e. The van der Waals surface area contributed by atoms with Gasteiger partial charge in [0.1, 0.15) is 5.82 Å². The molecule has 1 N–H and O–H groups in total. The number of esters is 1. The van der Waals surface area contributed by atoms with Crippen LogP contribution in [0, 0.1) is 5.82 Å². The van der Waals surface area contributed by atoms with Crippen LogP contribution in [-0.4, -0.2) is 17.0 Å². The van der Waals surface area contributed by atoms with Gasteiger partial charge in [0.15, 0.2) is 0 Å². The van der Waals surface area contributed by atoms with Gasteiger partial charge in [-0.3, -0.25) is 4.79 Å². The minimum absolute atomic E-state index is 0.0534. The SMILES string of the molecule is COC(=O)c1cc(F)cc(NC(=O)I)c1. The van der Waals surface area contributed by atoms with Crippen LogP contribution in [0.15, 0.2) is 18.2 Å². The molecule has 0 unspecified atom stereocenters. The Morgan fingerprint density at radius 1 is 1.40 bits per heavy atom. The van der Waals surface area contributed by atoms with Crippen molar-refractivity contribution >= 4 is 38.2 Å². The van der Waals surface area contributed by atoms with Gasteiger partial charge < -0.3 is 10.1 Å². The molecule has 0 atom stereocenters. The van der Waals surface area contributed by atoms with Crippen molar-refractivity contribution in [2.45, 2.75) is 0 Å². The second-order valence-electron chi connectivity index (χ2n) is 2.62. The van der Waals surface area contributed by atoms with Crippen molar-refractivity contribution in [3.8, 4) is 0 Å². The van der Waals surface area contributed by atoms with E-state index in [1.165, 1.54) is 35.8 Å². The van der Waals surface area contributed by atoms with Crippen molar-refractivity contribution in [1.82, 2.24) is 0 Å². The third-order valence-corrected chi connectivity index (χ3v) is 1.83. The van der Waals surface area contributed by atoms with Gasteiger partial charge in [-0.25, -0.2) is 9.18 Å². The lowest BCUT2D eigenvalue weighted by atomic mass is 10.2. The number of nitrogens with one attached hydrogen (secondary N) is 1. The number of benzene rings is 1. The van der Waals surface area contributed by atoms with Crippen LogP contribution in [0.1, 0.15) is 10.4 Å². The zero-order chi connectivity index (χ0) is 11.4. The summed E-state index contributed by atoms with van der Waals surface area (Å²) in [6.07, 6.45) is 0. The lowest BCUT2D eigenvalue weighted by molar-refractivity contribution is 0.0600. The highest BCUT2D eigenvalue weighted by Crippen LogP contribution is 2.15. The van der Waals surface area contributed by atoms with E-state index in [-0.39, 0.29) is 15.2 Å². The molecule has 0 aliphatic carbocycles. The molecule has 0 saturated heterocycles. The van der Waals surface area contributed by atoms with Gasteiger partial charge in [-0.15, -0.1) is 0 Å². The predicted octanol–water partition coefficient (Wildman–Crippen LogP) is 2.58. The van der Waals surface area contributed by atoms with Gasteiger partial charge in [0.2, 0.25) is 0 Å². The van der Waals surface area contributed by atoms with E-state index in [9.17, 15) is 14.0 Å². The van der Waals surface area contributed by atoms with Gasteiger partial charge in [-0.1, -0.05) is 0 Å². The molecule has 0 aromatic heterocycles. The first kappa shape index (κ1) is 11.9.